The van der Waals surface area contributed by atoms with Gasteiger partial charge < -0.3 is 14.8 Å². The smallest absolute Gasteiger partial charge is 0.346 e. The first-order chi connectivity index (χ1) is 16.6. The normalized spacial score (nSPS) is 34.2. The molecule has 7 nitrogen and oxygen atoms in total. The fourth-order valence-electron chi connectivity index (χ4n) is 7.92. The highest BCUT2D eigenvalue weighted by molar-refractivity contribution is 7.63. The zero-order valence-electron chi connectivity index (χ0n) is 19.8. The molecule has 1 N–H and O–H groups in total. The molecule has 0 unspecified atom stereocenters. The number of hydrogen-bond donors (Lipinski definition) is 1. The topological polar surface area (TPSA) is 66.4 Å². The molecule has 4 saturated carbocycles. The van der Waals surface area contributed by atoms with Crippen molar-refractivity contribution in [2.45, 2.75) is 43.7 Å². The van der Waals surface area contributed by atoms with Crippen LogP contribution in [0.1, 0.15) is 38.5 Å². The van der Waals surface area contributed by atoms with E-state index in [1.54, 1.807) is 0 Å². The third kappa shape index (κ3) is 4.16. The predicted octanol–water partition coefficient (Wildman–Crippen LogP) is 5.54. The molecule has 34 heavy (non-hydrogen) atoms. The summed E-state index contributed by atoms with van der Waals surface area (Å²) in [5.41, 5.74) is 0.741. The monoisotopic (exact) mass is 506 g/mol. The van der Waals surface area contributed by atoms with Gasteiger partial charge in [-0.3, -0.25) is 9.34 Å². The molecule has 1 aromatic rings. The Hall–Kier alpha value is -0.950. The van der Waals surface area contributed by atoms with Gasteiger partial charge in [0.05, 0.1) is 26.4 Å². The Morgan fingerprint density at radius 2 is 1.35 bits per heavy atom. The average molecular weight is 507 g/mol. The van der Waals surface area contributed by atoms with Crippen molar-refractivity contribution in [2.75, 3.05) is 57.9 Å². The molecule has 6 fully saturated rings. The number of benzene rings is 1. The van der Waals surface area contributed by atoms with Gasteiger partial charge in [0.25, 0.3) is 0 Å². The molecule has 0 radical (unpaired) electrons. The molecule has 1 aromatic carbocycles. The lowest BCUT2D eigenvalue weighted by Gasteiger charge is -2.64. The molecular formula is C25H36ClN4O3P. The number of anilines is 1. The van der Waals surface area contributed by atoms with Crippen molar-refractivity contribution in [3.63, 3.8) is 0 Å². The number of halogens is 1. The van der Waals surface area contributed by atoms with E-state index in [1.807, 2.05) is 24.3 Å². The van der Waals surface area contributed by atoms with Gasteiger partial charge in [0, 0.05) is 42.0 Å². The third-order valence-corrected chi connectivity index (χ3v) is 13.6. The molecule has 4 aliphatic carbocycles. The number of amides is 2. The van der Waals surface area contributed by atoms with Gasteiger partial charge in [-0.05, 0) is 80.5 Å². The lowest BCUT2D eigenvalue weighted by molar-refractivity contribution is 0.0168. The van der Waals surface area contributed by atoms with Crippen LogP contribution in [-0.4, -0.2) is 73.1 Å². The van der Waals surface area contributed by atoms with Crippen molar-refractivity contribution < 1.29 is 14.3 Å². The second-order valence-corrected chi connectivity index (χ2v) is 14.7. The minimum Gasteiger partial charge on any atom is -0.379 e. The molecule has 0 aromatic heterocycles. The average Bonchev–Trinajstić information content (AvgIpc) is 2.84. The van der Waals surface area contributed by atoms with Crippen LogP contribution >= 0.6 is 19.0 Å². The molecule has 0 atom stereocenters. The Morgan fingerprint density at radius 1 is 0.882 bits per heavy atom. The highest BCUT2D eigenvalue weighted by atomic mass is 35.5. The van der Waals surface area contributed by atoms with E-state index >= 15 is 0 Å². The first-order valence-corrected chi connectivity index (χ1v) is 14.9. The van der Waals surface area contributed by atoms with Gasteiger partial charge in [0.2, 0.25) is 0 Å². The minimum atomic E-state index is -2.36. The van der Waals surface area contributed by atoms with E-state index in [0.29, 0.717) is 31.5 Å². The van der Waals surface area contributed by atoms with Crippen molar-refractivity contribution in [1.29, 1.82) is 0 Å². The van der Waals surface area contributed by atoms with Crippen molar-refractivity contribution in [2.24, 2.45) is 22.5 Å². The molecule has 4 bridgehead atoms. The fraction of sp³-hybridized carbons (Fsp3) is 0.720. The number of urea groups is 1. The van der Waals surface area contributed by atoms with Crippen LogP contribution in [0.25, 0.3) is 0 Å². The summed E-state index contributed by atoms with van der Waals surface area (Å²) in [7, 11) is -2.36. The maximum atomic E-state index is 13.7. The van der Waals surface area contributed by atoms with Gasteiger partial charge in [0.1, 0.15) is 7.36 Å². The van der Waals surface area contributed by atoms with Crippen LogP contribution in [-0.2, 0) is 9.47 Å². The highest BCUT2D eigenvalue weighted by Gasteiger charge is 2.61. The zero-order chi connectivity index (χ0) is 23.2. The Bertz CT molecular complexity index is 902. The van der Waals surface area contributed by atoms with Crippen LogP contribution in [0.2, 0.25) is 5.02 Å². The summed E-state index contributed by atoms with van der Waals surface area (Å²) in [5.74, 6) is 2.38. The van der Waals surface area contributed by atoms with Crippen LogP contribution in [0.5, 0.6) is 0 Å². The zero-order valence-corrected chi connectivity index (χ0v) is 21.5. The molecule has 186 valence electrons. The van der Waals surface area contributed by atoms with Gasteiger partial charge in [0.15, 0.2) is 0 Å². The molecule has 7 rings (SSSR count). The summed E-state index contributed by atoms with van der Waals surface area (Å²) < 4.78 is 22.1. The van der Waals surface area contributed by atoms with E-state index in [-0.39, 0.29) is 11.2 Å². The first-order valence-electron chi connectivity index (χ1n) is 12.9. The SMILES string of the molecule is O=C(N=P(N1CCOCC1)(N1CCOCC1)C12CC3CC(CC(C3)C1)C2)Nc1ccc(Cl)cc1. The van der Waals surface area contributed by atoms with Gasteiger partial charge in [-0.15, -0.1) is 0 Å². The number of carbonyl (C=O) groups excluding carboxylic acids is 1. The van der Waals surface area contributed by atoms with E-state index in [9.17, 15) is 4.79 Å². The van der Waals surface area contributed by atoms with E-state index in [4.69, 9.17) is 25.8 Å². The molecule has 2 aliphatic heterocycles. The highest BCUT2D eigenvalue weighted by Crippen LogP contribution is 2.77. The standard InChI is InChI=1S/C25H36ClN4O3P/c26-22-1-3-23(4-2-22)27-24(31)28-34(29-5-9-32-10-6-29,30-7-11-33-12-8-30)25-16-19-13-20(17-25)15-21(14-19)18-25/h1-4,19-21H,5-18H2,(H,27,31). The molecule has 2 heterocycles. The molecule has 6 aliphatic rings. The summed E-state index contributed by atoms with van der Waals surface area (Å²) in [5, 5.41) is 3.85. The summed E-state index contributed by atoms with van der Waals surface area (Å²) in [6.07, 6.45) is 7.80. The third-order valence-electron chi connectivity index (χ3n) is 8.73. The van der Waals surface area contributed by atoms with Gasteiger partial charge in [-0.1, -0.05) is 11.6 Å². The Balaban J connectivity index is 1.46. The number of rotatable bonds is 4. The maximum absolute atomic E-state index is 13.7. The molecule has 2 saturated heterocycles. The van der Waals surface area contributed by atoms with E-state index in [1.165, 1.54) is 38.5 Å². The van der Waals surface area contributed by atoms with E-state index < -0.39 is 7.36 Å². The molecular weight excluding hydrogens is 471 g/mol. The number of hydrogen-bond acceptors (Lipinski definition) is 3. The van der Waals surface area contributed by atoms with Crippen LogP contribution in [0.15, 0.2) is 29.0 Å². The fourth-order valence-corrected chi connectivity index (χ4v) is 13.3. The summed E-state index contributed by atoms with van der Waals surface area (Å²) in [4.78, 5) is 13.7. The molecule has 2 amide bonds. The van der Waals surface area contributed by atoms with Crippen LogP contribution < -0.4 is 5.32 Å². The van der Waals surface area contributed by atoms with Crippen LogP contribution in [0, 0.1) is 17.8 Å². The van der Waals surface area contributed by atoms with Gasteiger partial charge in [-0.25, -0.2) is 4.79 Å². The van der Waals surface area contributed by atoms with Crippen LogP contribution in [0.4, 0.5) is 10.5 Å². The second kappa shape index (κ2) is 9.49. The minimum absolute atomic E-state index is 0.105. The van der Waals surface area contributed by atoms with Crippen molar-refractivity contribution in [3.8, 4) is 0 Å². The van der Waals surface area contributed by atoms with E-state index in [2.05, 4.69) is 14.7 Å². The van der Waals surface area contributed by atoms with Gasteiger partial charge >= 0.3 is 6.03 Å². The van der Waals surface area contributed by atoms with Crippen molar-refractivity contribution >= 4 is 30.7 Å². The van der Waals surface area contributed by atoms with E-state index in [0.717, 1.165) is 49.6 Å². The molecule has 0 spiro atoms. The number of ether oxygens (including phenoxy) is 2. The largest absolute Gasteiger partial charge is 0.379 e. The lowest BCUT2D eigenvalue weighted by Crippen LogP contribution is -2.57. The summed E-state index contributed by atoms with van der Waals surface area (Å²) >= 11 is 6.07. The molecule has 9 heteroatoms. The predicted molar refractivity (Wildman–Crippen MR) is 136 cm³/mol. The van der Waals surface area contributed by atoms with Crippen molar-refractivity contribution in [3.05, 3.63) is 29.3 Å². The number of nitrogens with one attached hydrogen (secondary N) is 1. The number of carbonyl (C=O) groups is 1. The lowest BCUT2D eigenvalue weighted by atomic mass is 9.56. The number of morpholine rings is 2. The quantitative estimate of drug-likeness (QED) is 0.543. The van der Waals surface area contributed by atoms with Gasteiger partial charge in [-0.2, -0.15) is 4.74 Å². The summed E-state index contributed by atoms with van der Waals surface area (Å²) in [6, 6.07) is 7.10. The second-order valence-electron chi connectivity index (χ2n) is 10.9. The van der Waals surface area contributed by atoms with Crippen molar-refractivity contribution in [1.82, 2.24) is 9.34 Å². The van der Waals surface area contributed by atoms with Crippen LogP contribution in [0.3, 0.4) is 0 Å². The Morgan fingerprint density at radius 3 is 1.82 bits per heavy atom. The Labute approximate surface area is 207 Å². The summed E-state index contributed by atoms with van der Waals surface area (Å²) in [6.45, 7) is 6.27. The maximum Gasteiger partial charge on any atom is 0.346 e. The Kier molecular flexibility index (Phi) is 6.55. The first kappa shape index (κ1) is 23.4. The number of nitrogens with zero attached hydrogens (tertiary/aromatic N) is 3.